The summed E-state index contributed by atoms with van der Waals surface area (Å²) in [6.07, 6.45) is -4.08. The van der Waals surface area contributed by atoms with Crippen LogP contribution in [0.3, 0.4) is 0 Å². The number of rotatable bonds is 3. The first-order valence-corrected chi connectivity index (χ1v) is 7.22. The number of sulfone groups is 1. The Labute approximate surface area is 113 Å². The maximum Gasteiger partial charge on any atom is 0.415 e. The second kappa shape index (κ2) is 5.06. The third kappa shape index (κ3) is 3.28. The molecule has 3 N–H and O–H groups in total. The minimum absolute atomic E-state index is 0.249. The standard InChI is InChI=1S/C11H13F3N2O3S/c1-10(15,11(12,13)14)9(17)16-7-5-3-4-6-8(7)20(2,18)19/h3-6H,15H2,1-2H3,(H,16,17). The Kier molecular flexibility index (Phi) is 4.16. The van der Waals surface area contributed by atoms with Crippen molar-refractivity contribution in [2.24, 2.45) is 5.73 Å². The van der Waals surface area contributed by atoms with Gasteiger partial charge in [-0.15, -0.1) is 0 Å². The van der Waals surface area contributed by atoms with Crippen molar-refractivity contribution in [3.63, 3.8) is 0 Å². The number of hydrogen-bond donors (Lipinski definition) is 2. The number of nitrogens with one attached hydrogen (secondary N) is 1. The molecule has 1 aromatic carbocycles. The third-order valence-corrected chi connectivity index (χ3v) is 3.75. The van der Waals surface area contributed by atoms with Crippen LogP contribution in [0.1, 0.15) is 6.92 Å². The van der Waals surface area contributed by atoms with Crippen molar-refractivity contribution in [3.8, 4) is 0 Å². The number of halogens is 3. The molecule has 1 aromatic rings. The molecule has 112 valence electrons. The van der Waals surface area contributed by atoms with Crippen LogP contribution in [0.5, 0.6) is 0 Å². The van der Waals surface area contributed by atoms with Crippen molar-refractivity contribution >= 4 is 21.4 Å². The summed E-state index contributed by atoms with van der Waals surface area (Å²) in [7, 11) is -3.70. The van der Waals surface area contributed by atoms with E-state index in [4.69, 9.17) is 5.73 Å². The Morgan fingerprint density at radius 3 is 2.20 bits per heavy atom. The van der Waals surface area contributed by atoms with E-state index in [-0.39, 0.29) is 10.6 Å². The molecule has 0 spiro atoms. The molecule has 0 fully saturated rings. The van der Waals surface area contributed by atoms with E-state index in [9.17, 15) is 26.4 Å². The monoisotopic (exact) mass is 310 g/mol. The van der Waals surface area contributed by atoms with Crippen LogP contribution in [0.2, 0.25) is 0 Å². The molecule has 0 saturated carbocycles. The highest BCUT2D eigenvalue weighted by atomic mass is 32.2. The Morgan fingerprint density at radius 2 is 1.75 bits per heavy atom. The van der Waals surface area contributed by atoms with Gasteiger partial charge in [0.05, 0.1) is 10.6 Å². The van der Waals surface area contributed by atoms with E-state index in [1.165, 1.54) is 24.3 Å². The molecular weight excluding hydrogens is 297 g/mol. The van der Waals surface area contributed by atoms with Crippen molar-refractivity contribution in [1.82, 2.24) is 0 Å². The van der Waals surface area contributed by atoms with E-state index in [1.54, 1.807) is 0 Å². The van der Waals surface area contributed by atoms with Crippen molar-refractivity contribution in [1.29, 1.82) is 0 Å². The van der Waals surface area contributed by atoms with Crippen molar-refractivity contribution in [2.75, 3.05) is 11.6 Å². The lowest BCUT2D eigenvalue weighted by atomic mass is 10.0. The number of hydrogen-bond acceptors (Lipinski definition) is 4. The minimum Gasteiger partial charge on any atom is -0.323 e. The number of carbonyl (C=O) groups excluding carboxylic acids is 1. The van der Waals surface area contributed by atoms with Gasteiger partial charge in [0.25, 0.3) is 5.91 Å². The van der Waals surface area contributed by atoms with Gasteiger partial charge in [0.15, 0.2) is 15.4 Å². The second-order valence-electron chi connectivity index (χ2n) is 4.42. The van der Waals surface area contributed by atoms with Gasteiger partial charge in [-0.25, -0.2) is 8.42 Å². The van der Waals surface area contributed by atoms with Gasteiger partial charge in [-0.1, -0.05) is 12.1 Å². The van der Waals surface area contributed by atoms with Gasteiger partial charge < -0.3 is 11.1 Å². The molecule has 1 amide bonds. The number of benzene rings is 1. The summed E-state index contributed by atoms with van der Waals surface area (Å²) in [6.45, 7) is 0.505. The maximum atomic E-state index is 12.6. The van der Waals surface area contributed by atoms with Crippen LogP contribution in [0.25, 0.3) is 0 Å². The number of para-hydroxylation sites is 1. The van der Waals surface area contributed by atoms with Gasteiger partial charge >= 0.3 is 6.18 Å². The largest absolute Gasteiger partial charge is 0.415 e. The fourth-order valence-electron chi connectivity index (χ4n) is 1.27. The fourth-order valence-corrected chi connectivity index (χ4v) is 2.12. The average molecular weight is 310 g/mol. The predicted molar refractivity (Wildman–Crippen MR) is 66.8 cm³/mol. The topological polar surface area (TPSA) is 89.3 Å². The smallest absolute Gasteiger partial charge is 0.323 e. The van der Waals surface area contributed by atoms with Gasteiger partial charge in [0.2, 0.25) is 0 Å². The molecule has 0 aliphatic rings. The van der Waals surface area contributed by atoms with Gasteiger partial charge in [0.1, 0.15) is 0 Å². The number of amides is 1. The van der Waals surface area contributed by atoms with Crippen molar-refractivity contribution in [3.05, 3.63) is 24.3 Å². The van der Waals surface area contributed by atoms with Crippen LogP contribution < -0.4 is 11.1 Å². The zero-order chi connectivity index (χ0) is 15.8. The van der Waals surface area contributed by atoms with E-state index >= 15 is 0 Å². The number of nitrogens with two attached hydrogens (primary N) is 1. The molecule has 0 radical (unpaired) electrons. The highest BCUT2D eigenvalue weighted by molar-refractivity contribution is 7.90. The molecule has 1 atom stereocenters. The SMILES string of the molecule is CC(N)(C(=O)Nc1ccccc1S(C)(=O)=O)C(F)(F)F. The van der Waals surface area contributed by atoms with E-state index in [2.05, 4.69) is 0 Å². The minimum atomic E-state index is -4.96. The molecule has 1 rings (SSSR count). The molecule has 0 saturated heterocycles. The average Bonchev–Trinajstić information content (AvgIpc) is 2.26. The van der Waals surface area contributed by atoms with Crippen LogP contribution in [0.4, 0.5) is 18.9 Å². The number of carbonyl (C=O) groups is 1. The maximum absolute atomic E-state index is 12.6. The quantitative estimate of drug-likeness (QED) is 0.881. The van der Waals surface area contributed by atoms with Gasteiger partial charge in [-0.05, 0) is 19.1 Å². The lowest BCUT2D eigenvalue weighted by Crippen LogP contribution is -2.59. The van der Waals surface area contributed by atoms with Crippen molar-refractivity contribution in [2.45, 2.75) is 23.5 Å². The lowest BCUT2D eigenvalue weighted by molar-refractivity contribution is -0.184. The molecule has 5 nitrogen and oxygen atoms in total. The van der Waals surface area contributed by atoms with Crippen molar-refractivity contribution < 1.29 is 26.4 Å². The summed E-state index contributed by atoms with van der Waals surface area (Å²) in [5, 5.41) is 1.90. The predicted octanol–water partition coefficient (Wildman–Crippen LogP) is 1.31. The summed E-state index contributed by atoms with van der Waals surface area (Å²) in [5.74, 6) is -1.54. The van der Waals surface area contributed by atoms with Crippen LogP contribution in [0, 0.1) is 0 Å². The number of alkyl halides is 3. The summed E-state index contributed by atoms with van der Waals surface area (Å²) < 4.78 is 60.8. The van der Waals surface area contributed by atoms with Gasteiger partial charge in [-0.2, -0.15) is 13.2 Å². The zero-order valence-electron chi connectivity index (χ0n) is 10.7. The van der Waals surface area contributed by atoms with Crippen LogP contribution in [-0.4, -0.2) is 32.3 Å². The summed E-state index contributed by atoms with van der Waals surface area (Å²) >= 11 is 0. The highest BCUT2D eigenvalue weighted by Gasteiger charge is 2.54. The molecule has 9 heteroatoms. The Morgan fingerprint density at radius 1 is 1.25 bits per heavy atom. The summed E-state index contributed by atoms with van der Waals surface area (Å²) in [5.41, 5.74) is 1.58. The Hall–Kier alpha value is -1.61. The van der Waals surface area contributed by atoms with E-state index in [1.807, 2.05) is 5.32 Å². The van der Waals surface area contributed by atoms with E-state index in [0.29, 0.717) is 6.92 Å². The molecular formula is C11H13F3N2O3S. The van der Waals surface area contributed by atoms with Gasteiger partial charge in [0, 0.05) is 6.26 Å². The molecule has 0 heterocycles. The summed E-state index contributed by atoms with van der Waals surface area (Å²) in [6, 6.07) is 5.12. The fraction of sp³-hybridized carbons (Fsp3) is 0.364. The molecule has 1 unspecified atom stereocenters. The third-order valence-electron chi connectivity index (χ3n) is 2.60. The Bertz CT molecular complexity index is 624. The lowest BCUT2D eigenvalue weighted by Gasteiger charge is -2.26. The van der Waals surface area contributed by atoms with Crippen LogP contribution >= 0.6 is 0 Å². The molecule has 0 aliphatic carbocycles. The Balaban J connectivity index is 3.17. The van der Waals surface area contributed by atoms with E-state index in [0.717, 1.165) is 6.26 Å². The van der Waals surface area contributed by atoms with Crippen LogP contribution in [0.15, 0.2) is 29.2 Å². The second-order valence-corrected chi connectivity index (χ2v) is 6.41. The molecule has 20 heavy (non-hydrogen) atoms. The highest BCUT2D eigenvalue weighted by Crippen LogP contribution is 2.30. The first-order chi connectivity index (χ1) is 8.87. The normalized spacial score (nSPS) is 15.5. The van der Waals surface area contributed by atoms with E-state index < -0.39 is 27.5 Å². The first kappa shape index (κ1) is 16.4. The van der Waals surface area contributed by atoms with Gasteiger partial charge in [-0.3, -0.25) is 4.79 Å². The zero-order valence-corrected chi connectivity index (χ0v) is 11.5. The molecule has 0 bridgehead atoms. The molecule has 0 aromatic heterocycles. The number of anilines is 1. The molecule has 0 aliphatic heterocycles. The van der Waals surface area contributed by atoms with Crippen LogP contribution in [-0.2, 0) is 14.6 Å². The first-order valence-electron chi connectivity index (χ1n) is 5.33. The summed E-state index contributed by atoms with van der Waals surface area (Å²) in [4.78, 5) is 11.3.